The summed E-state index contributed by atoms with van der Waals surface area (Å²) in [6, 6.07) is 37.9. The highest BCUT2D eigenvalue weighted by Crippen LogP contribution is 2.16. The molecule has 3 unspecified atom stereocenters. The number of ether oxygens (including phenoxy) is 7. The number of esters is 1. The molecule has 19 nitrogen and oxygen atoms in total. The van der Waals surface area contributed by atoms with E-state index in [1.807, 2.05) is 121 Å². The molecule has 19 heteroatoms. The fraction of sp³-hybridized carbons (Fsp3) is 0.421. The Bertz CT molecular complexity index is 2380. The number of amides is 5. The van der Waals surface area contributed by atoms with E-state index in [-0.39, 0.29) is 44.7 Å². The Hall–Kier alpha value is -7.45. The summed E-state index contributed by atoms with van der Waals surface area (Å²) in [5, 5.41) is 18.9. The number of carboxylic acids is 1. The smallest absolute Gasteiger partial charge is 0.408 e. The van der Waals surface area contributed by atoms with Crippen LogP contribution in [0.15, 0.2) is 134 Å². The lowest BCUT2D eigenvalue weighted by molar-refractivity contribution is -0.151. The molecule has 1 fully saturated rings. The van der Waals surface area contributed by atoms with E-state index < -0.39 is 58.0 Å². The minimum Gasteiger partial charge on any atom is -0.479 e. The molecule has 1 aliphatic heterocycles. The second-order valence-corrected chi connectivity index (χ2v) is 19.6. The van der Waals surface area contributed by atoms with Gasteiger partial charge in [-0.15, -0.1) is 13.2 Å². The maximum Gasteiger partial charge on any atom is 0.408 e. The summed E-state index contributed by atoms with van der Waals surface area (Å²) in [6.45, 7) is 24.1. The van der Waals surface area contributed by atoms with Crippen molar-refractivity contribution in [3.05, 3.63) is 157 Å². The Balaban J connectivity index is 0.000000512. The molecular weight excluding hydrogens is 981 g/mol. The predicted molar refractivity (Wildman–Crippen MR) is 287 cm³/mol. The number of rotatable bonds is 20. The minimum atomic E-state index is -1.56. The summed E-state index contributed by atoms with van der Waals surface area (Å²) < 4.78 is 36.6. The van der Waals surface area contributed by atoms with Crippen LogP contribution in [0.1, 0.15) is 91.5 Å². The Morgan fingerprint density at radius 3 is 1.22 bits per heavy atom. The van der Waals surface area contributed by atoms with Crippen molar-refractivity contribution in [3.63, 3.8) is 0 Å². The van der Waals surface area contributed by atoms with E-state index in [2.05, 4.69) is 34.4 Å². The first kappa shape index (κ1) is 66.6. The summed E-state index contributed by atoms with van der Waals surface area (Å²) in [6.07, 6.45) is -1.49. The molecular formula is C57H78N4O15. The Morgan fingerprint density at radius 1 is 0.566 bits per heavy atom. The predicted octanol–water partition coefficient (Wildman–Crippen LogP) is 8.63. The first-order valence-electron chi connectivity index (χ1n) is 24.1. The molecule has 4 aromatic carbocycles. The number of aliphatic carboxylic acids is 1. The van der Waals surface area contributed by atoms with Crippen molar-refractivity contribution in [1.82, 2.24) is 21.3 Å². The fourth-order valence-electron chi connectivity index (χ4n) is 5.99. The van der Waals surface area contributed by atoms with Crippen molar-refractivity contribution in [2.24, 2.45) is 0 Å². The zero-order valence-corrected chi connectivity index (χ0v) is 45.8. The van der Waals surface area contributed by atoms with Crippen LogP contribution in [0, 0.1) is 0 Å². The van der Waals surface area contributed by atoms with Gasteiger partial charge in [0.2, 0.25) is 0 Å². The standard InChI is InChI=1S/C17H25NO5.C16H23NO5.C12H14N2O3.C10H12O2.C2H4/c1-16(2,3)23-15(20)18-17(4,14(19)21-5)12-22-11-13-9-7-6-8-10-13;1-15(2,3)22-14(20)17-16(4,13(18)19)11-21-10-12-8-6-5-7-9-12;1-12(10(15)13-11(16)14-12)8-17-7-9-5-3-2-4-6-9;1-9(11)7-12-8-10-5-3-2-4-6-10;1-2/h6-10H,11-12H2,1-5H3,(H,18,20);5-9H,10-11H2,1-4H3,(H,17,20)(H,18,19);2-6H,7-8H2,1H3,(H2,13,14,15,16);2-6H,7-8H2,1H3;1-2H2. The van der Waals surface area contributed by atoms with Crippen LogP contribution < -0.4 is 21.3 Å². The molecule has 4 aromatic rings. The molecule has 1 saturated heterocycles. The third-order valence-corrected chi connectivity index (χ3v) is 9.70. The Kier molecular flexibility index (Phi) is 29.3. The number of hydrogen-bond acceptors (Lipinski definition) is 14. The number of carboxylic acid groups (broad SMARTS) is 1. The van der Waals surface area contributed by atoms with Crippen LogP contribution in [-0.4, -0.2) is 108 Å². The van der Waals surface area contributed by atoms with Gasteiger partial charge in [0.05, 0.1) is 53.4 Å². The van der Waals surface area contributed by atoms with Gasteiger partial charge >= 0.3 is 30.2 Å². The third kappa shape index (κ3) is 28.3. The topological polar surface area (TPSA) is 252 Å². The lowest BCUT2D eigenvalue weighted by Crippen LogP contribution is -2.56. The lowest BCUT2D eigenvalue weighted by atomic mass is 10.0. The lowest BCUT2D eigenvalue weighted by Gasteiger charge is -2.29. The van der Waals surface area contributed by atoms with E-state index in [1.165, 1.54) is 27.9 Å². The van der Waals surface area contributed by atoms with E-state index in [0.29, 0.717) is 19.8 Å². The summed E-state index contributed by atoms with van der Waals surface area (Å²) in [5.74, 6) is -2.08. The summed E-state index contributed by atoms with van der Waals surface area (Å²) in [4.78, 5) is 80.1. The maximum atomic E-state index is 12.0. The molecule has 76 heavy (non-hydrogen) atoms. The maximum absolute atomic E-state index is 12.0. The van der Waals surface area contributed by atoms with E-state index in [9.17, 15) is 38.7 Å². The van der Waals surface area contributed by atoms with E-state index in [1.54, 1.807) is 48.5 Å². The molecule has 3 atom stereocenters. The third-order valence-electron chi connectivity index (χ3n) is 9.70. The minimum absolute atomic E-state index is 0.0339. The number of benzene rings is 4. The number of carbonyl (C=O) groups excluding carboxylic acids is 6. The van der Waals surface area contributed by atoms with Crippen LogP contribution >= 0.6 is 0 Å². The summed E-state index contributed by atoms with van der Waals surface area (Å²) in [7, 11) is 1.26. The van der Waals surface area contributed by atoms with Crippen molar-refractivity contribution in [1.29, 1.82) is 0 Å². The molecule has 0 radical (unpaired) electrons. The average Bonchev–Trinajstić information content (AvgIpc) is 3.61. The van der Waals surface area contributed by atoms with Crippen LogP contribution in [0.4, 0.5) is 14.4 Å². The zero-order chi connectivity index (χ0) is 57.4. The highest BCUT2D eigenvalue weighted by molar-refractivity contribution is 6.06. The fourth-order valence-corrected chi connectivity index (χ4v) is 5.99. The van der Waals surface area contributed by atoms with Crippen molar-refractivity contribution in [2.75, 3.05) is 33.5 Å². The summed E-state index contributed by atoms with van der Waals surface area (Å²) >= 11 is 0. The Labute approximate surface area is 447 Å². The second-order valence-electron chi connectivity index (χ2n) is 19.6. The van der Waals surface area contributed by atoms with Crippen molar-refractivity contribution < 1.29 is 71.8 Å². The van der Waals surface area contributed by atoms with Crippen molar-refractivity contribution in [2.45, 2.75) is 123 Å². The van der Waals surface area contributed by atoms with Crippen LogP contribution in [0.5, 0.6) is 0 Å². The van der Waals surface area contributed by atoms with Crippen molar-refractivity contribution in [3.8, 4) is 0 Å². The van der Waals surface area contributed by atoms with Gasteiger partial charge in [0.1, 0.15) is 23.3 Å². The van der Waals surface area contributed by atoms with Crippen LogP contribution in [0.25, 0.3) is 0 Å². The molecule has 5 rings (SSSR count). The van der Waals surface area contributed by atoms with Gasteiger partial charge in [-0.2, -0.15) is 0 Å². The molecule has 0 saturated carbocycles. The van der Waals surface area contributed by atoms with Gasteiger partial charge in [0, 0.05) is 0 Å². The van der Waals surface area contributed by atoms with Gasteiger partial charge < -0.3 is 54.2 Å². The SMILES string of the molecule is C=C.CC(=O)COCc1ccccc1.CC(C)(C)OC(=O)NC(C)(COCc1ccccc1)C(=O)O.CC1(COCc2ccccc2)NC(=O)NC1=O.COC(=O)C(C)(COCc1ccccc1)NC(=O)OC(C)(C)C. The second kappa shape index (κ2) is 33.5. The molecule has 416 valence electrons. The first-order chi connectivity index (χ1) is 35.7. The number of methoxy groups -OCH3 is 1. The normalized spacial score (nSPS) is 15.0. The zero-order valence-electron chi connectivity index (χ0n) is 45.8. The number of imide groups is 1. The molecule has 1 heterocycles. The number of alkyl carbamates (subject to hydrolysis) is 2. The molecule has 1 aliphatic rings. The number of Topliss-reactive ketones (excluding diaryl/α,β-unsaturated/α-hetero) is 1. The summed E-state index contributed by atoms with van der Waals surface area (Å²) in [5.41, 5.74) is -1.20. The van der Waals surface area contributed by atoms with Crippen LogP contribution in [0.3, 0.4) is 0 Å². The number of carbonyl (C=O) groups is 7. The van der Waals surface area contributed by atoms with Gasteiger partial charge in [-0.3, -0.25) is 14.9 Å². The highest BCUT2D eigenvalue weighted by Gasteiger charge is 2.42. The number of nitrogens with one attached hydrogen (secondary N) is 4. The van der Waals surface area contributed by atoms with Gasteiger partial charge in [-0.05, 0) is 91.5 Å². The Morgan fingerprint density at radius 2 is 0.908 bits per heavy atom. The van der Waals surface area contributed by atoms with Gasteiger partial charge in [0.25, 0.3) is 5.91 Å². The van der Waals surface area contributed by atoms with Crippen LogP contribution in [-0.2, 0) is 78.8 Å². The van der Waals surface area contributed by atoms with E-state index in [4.69, 9.17) is 33.2 Å². The van der Waals surface area contributed by atoms with E-state index >= 15 is 0 Å². The van der Waals surface area contributed by atoms with Crippen LogP contribution in [0.2, 0.25) is 0 Å². The molecule has 0 aliphatic carbocycles. The van der Waals surface area contributed by atoms with Gasteiger partial charge in [-0.25, -0.2) is 24.0 Å². The largest absolute Gasteiger partial charge is 0.479 e. The highest BCUT2D eigenvalue weighted by atomic mass is 16.6. The molecule has 0 bridgehead atoms. The molecule has 5 N–H and O–H groups in total. The molecule has 0 spiro atoms. The quantitative estimate of drug-likeness (QED) is 0.0240. The van der Waals surface area contributed by atoms with Gasteiger partial charge in [0.15, 0.2) is 16.9 Å². The molecule has 5 amide bonds. The number of hydrogen-bond donors (Lipinski definition) is 5. The van der Waals surface area contributed by atoms with E-state index in [0.717, 1.165) is 22.3 Å². The average molecular weight is 1060 g/mol. The monoisotopic (exact) mass is 1060 g/mol. The molecule has 0 aromatic heterocycles. The van der Waals surface area contributed by atoms with Gasteiger partial charge in [-0.1, -0.05) is 121 Å². The first-order valence-corrected chi connectivity index (χ1v) is 24.1. The number of urea groups is 1. The van der Waals surface area contributed by atoms with Crippen molar-refractivity contribution >= 4 is 41.8 Å². The number of ketones is 1.